The standard InChI is InChI=1S/C2H5NO2S/c1-2-6-5-4-3-1/h3H,1-2H2. The highest BCUT2D eigenvalue weighted by Crippen LogP contribution is 2.03. The molecule has 1 rings (SSSR count). The van der Waals surface area contributed by atoms with Crippen LogP contribution in [-0.4, -0.2) is 12.3 Å². The molecule has 3 nitrogen and oxygen atoms in total. The van der Waals surface area contributed by atoms with Gasteiger partial charge in [-0.15, -0.1) is 9.32 Å². The zero-order chi connectivity index (χ0) is 4.24. The lowest BCUT2D eigenvalue weighted by molar-refractivity contribution is -0.249. The highest BCUT2D eigenvalue weighted by atomic mass is 32.2. The third-order valence-electron chi connectivity index (χ3n) is 0.429. The summed E-state index contributed by atoms with van der Waals surface area (Å²) in [7, 11) is 0. The minimum Gasteiger partial charge on any atom is -0.168 e. The van der Waals surface area contributed by atoms with Gasteiger partial charge in [-0.05, 0) is 0 Å². The van der Waals surface area contributed by atoms with Gasteiger partial charge in [0.15, 0.2) is 0 Å². The van der Waals surface area contributed by atoms with Gasteiger partial charge in [0.1, 0.15) is 0 Å². The van der Waals surface area contributed by atoms with Gasteiger partial charge in [0.05, 0.1) is 0 Å². The molecule has 0 aliphatic carbocycles. The van der Waals surface area contributed by atoms with Crippen LogP contribution >= 0.6 is 12.0 Å². The van der Waals surface area contributed by atoms with Gasteiger partial charge in [0, 0.05) is 24.3 Å². The molecule has 6 heavy (non-hydrogen) atoms. The Morgan fingerprint density at radius 1 is 1.67 bits per heavy atom. The van der Waals surface area contributed by atoms with E-state index in [1.165, 1.54) is 12.0 Å². The van der Waals surface area contributed by atoms with Crippen LogP contribution in [0.2, 0.25) is 0 Å². The first-order valence-electron chi connectivity index (χ1n) is 1.68. The average Bonchev–Trinajstić information content (AvgIpc) is 1.72. The maximum absolute atomic E-state index is 4.38. The third-order valence-corrected chi connectivity index (χ3v) is 0.964. The monoisotopic (exact) mass is 107 g/mol. The summed E-state index contributed by atoms with van der Waals surface area (Å²) in [6, 6.07) is 0. The summed E-state index contributed by atoms with van der Waals surface area (Å²) in [5.74, 6) is 0.958. The number of hydrogen-bond donors (Lipinski definition) is 1. The molecule has 0 aromatic carbocycles. The van der Waals surface area contributed by atoms with Gasteiger partial charge in [-0.2, -0.15) is 5.48 Å². The highest BCUT2D eigenvalue weighted by molar-refractivity contribution is 7.94. The summed E-state index contributed by atoms with van der Waals surface area (Å²) in [6.07, 6.45) is 0. The number of hydroxylamine groups is 1. The highest BCUT2D eigenvalue weighted by Gasteiger charge is 1.95. The first-order valence-corrected chi connectivity index (χ1v) is 2.59. The number of hydrogen-bond acceptors (Lipinski definition) is 4. The van der Waals surface area contributed by atoms with E-state index in [-0.39, 0.29) is 0 Å². The molecule has 0 radical (unpaired) electrons. The van der Waals surface area contributed by atoms with Crippen molar-refractivity contribution < 1.29 is 9.32 Å². The Morgan fingerprint density at radius 2 is 2.67 bits per heavy atom. The van der Waals surface area contributed by atoms with Gasteiger partial charge in [0.2, 0.25) is 0 Å². The Hall–Kier alpha value is 0.230. The largest absolute Gasteiger partial charge is 0.168 e. The fourth-order valence-electron chi connectivity index (χ4n) is 0.207. The lowest BCUT2D eigenvalue weighted by Gasteiger charge is -2.06. The van der Waals surface area contributed by atoms with Crippen molar-refractivity contribution in [2.45, 2.75) is 0 Å². The Kier molecular flexibility index (Phi) is 1.76. The van der Waals surface area contributed by atoms with Gasteiger partial charge < -0.3 is 0 Å². The van der Waals surface area contributed by atoms with Gasteiger partial charge in [-0.3, -0.25) is 0 Å². The van der Waals surface area contributed by atoms with Crippen molar-refractivity contribution in [3.05, 3.63) is 0 Å². The minimum absolute atomic E-state index is 0.866. The molecule has 0 saturated carbocycles. The lowest BCUT2D eigenvalue weighted by Crippen LogP contribution is -2.21. The molecule has 1 N–H and O–H groups in total. The number of nitrogens with one attached hydrogen (secondary N) is 1. The topological polar surface area (TPSA) is 30.5 Å². The van der Waals surface area contributed by atoms with E-state index >= 15 is 0 Å². The number of rotatable bonds is 0. The molecule has 0 aromatic rings. The van der Waals surface area contributed by atoms with E-state index in [0.717, 1.165) is 12.3 Å². The molecule has 0 bridgehead atoms. The van der Waals surface area contributed by atoms with E-state index in [9.17, 15) is 0 Å². The molecular formula is C2H5NO2S. The third kappa shape index (κ3) is 1.14. The molecule has 1 aliphatic heterocycles. The molecule has 4 heteroatoms. The first-order chi connectivity index (χ1) is 3.00. The van der Waals surface area contributed by atoms with Crippen molar-refractivity contribution in [1.29, 1.82) is 0 Å². The Bertz CT molecular complexity index is 27.0. The predicted octanol–water partition coefficient (Wildman–Crippen LogP) is 0.101. The van der Waals surface area contributed by atoms with Gasteiger partial charge in [0.25, 0.3) is 0 Å². The quantitative estimate of drug-likeness (QED) is 0.351. The van der Waals surface area contributed by atoms with Crippen LogP contribution < -0.4 is 5.48 Å². The first kappa shape index (κ1) is 4.39. The zero-order valence-electron chi connectivity index (χ0n) is 3.14. The summed E-state index contributed by atoms with van der Waals surface area (Å²) in [6.45, 7) is 0.866. The molecule has 0 unspecified atom stereocenters. The van der Waals surface area contributed by atoms with Gasteiger partial charge >= 0.3 is 0 Å². The van der Waals surface area contributed by atoms with Crippen LogP contribution in [0.15, 0.2) is 0 Å². The van der Waals surface area contributed by atoms with E-state index in [2.05, 4.69) is 14.8 Å². The Morgan fingerprint density at radius 3 is 2.83 bits per heavy atom. The van der Waals surface area contributed by atoms with Gasteiger partial charge in [-0.25, -0.2) is 0 Å². The summed E-state index contributed by atoms with van der Waals surface area (Å²) in [4.78, 5) is 4.28. The average molecular weight is 107 g/mol. The van der Waals surface area contributed by atoms with Crippen molar-refractivity contribution in [2.75, 3.05) is 12.3 Å². The molecule has 1 saturated heterocycles. The van der Waals surface area contributed by atoms with E-state index in [0.29, 0.717) is 0 Å². The van der Waals surface area contributed by atoms with E-state index in [4.69, 9.17) is 0 Å². The molecule has 1 heterocycles. The molecule has 36 valence electrons. The van der Waals surface area contributed by atoms with E-state index in [1.807, 2.05) is 0 Å². The maximum Gasteiger partial charge on any atom is 0.0379 e. The van der Waals surface area contributed by atoms with Crippen molar-refractivity contribution in [3.8, 4) is 0 Å². The van der Waals surface area contributed by atoms with Crippen molar-refractivity contribution in [2.24, 2.45) is 0 Å². The second kappa shape index (κ2) is 2.41. The molecule has 0 spiro atoms. The van der Waals surface area contributed by atoms with Crippen LogP contribution in [0.1, 0.15) is 0 Å². The minimum atomic E-state index is 0.866. The van der Waals surface area contributed by atoms with Crippen molar-refractivity contribution in [1.82, 2.24) is 5.48 Å². The summed E-state index contributed by atoms with van der Waals surface area (Å²) >= 11 is 1.31. The Balaban J connectivity index is 2.00. The van der Waals surface area contributed by atoms with Crippen LogP contribution in [0.5, 0.6) is 0 Å². The second-order valence-corrected chi connectivity index (χ2v) is 1.65. The summed E-state index contributed by atoms with van der Waals surface area (Å²) in [5, 5.41) is 0. The van der Waals surface area contributed by atoms with Crippen LogP contribution in [0.3, 0.4) is 0 Å². The van der Waals surface area contributed by atoms with Crippen LogP contribution in [-0.2, 0) is 9.32 Å². The second-order valence-electron chi connectivity index (χ2n) is 0.868. The fourth-order valence-corrected chi connectivity index (χ4v) is 0.538. The van der Waals surface area contributed by atoms with E-state index in [1.54, 1.807) is 0 Å². The lowest BCUT2D eigenvalue weighted by atomic mass is 10.8. The van der Waals surface area contributed by atoms with Crippen LogP contribution in [0.25, 0.3) is 0 Å². The molecule has 0 atom stereocenters. The van der Waals surface area contributed by atoms with Gasteiger partial charge in [-0.1, -0.05) is 0 Å². The van der Waals surface area contributed by atoms with Crippen LogP contribution in [0.4, 0.5) is 0 Å². The molecule has 1 aliphatic rings. The molecule has 1 fully saturated rings. The SMILES string of the molecule is C1CSOON1. The molecular weight excluding hydrogens is 102 g/mol. The van der Waals surface area contributed by atoms with Crippen LogP contribution in [0, 0.1) is 0 Å². The molecule has 0 aromatic heterocycles. The zero-order valence-corrected chi connectivity index (χ0v) is 3.96. The van der Waals surface area contributed by atoms with Crippen molar-refractivity contribution >= 4 is 12.0 Å². The van der Waals surface area contributed by atoms with Crippen molar-refractivity contribution in [3.63, 3.8) is 0 Å². The normalized spacial score (nSPS) is 24.0. The fraction of sp³-hybridized carbons (Fsp3) is 1.00. The van der Waals surface area contributed by atoms with E-state index < -0.39 is 0 Å². The summed E-state index contributed by atoms with van der Waals surface area (Å²) in [5.41, 5.74) is 2.54. The Labute approximate surface area is 40.1 Å². The molecule has 0 amide bonds. The smallest absolute Gasteiger partial charge is 0.0379 e. The maximum atomic E-state index is 4.38. The summed E-state index contributed by atoms with van der Waals surface area (Å²) < 4.78 is 4.38. The predicted molar refractivity (Wildman–Crippen MR) is 22.6 cm³/mol.